The summed E-state index contributed by atoms with van der Waals surface area (Å²) in [4.78, 5) is 14.4. The lowest BCUT2D eigenvalue weighted by Crippen LogP contribution is -2.01. The molecular weight excluding hydrogens is 150 g/mol. The SMILES string of the molecule is CCCC(=O)c1[nH]ccc1CC. The van der Waals surface area contributed by atoms with E-state index in [1.54, 1.807) is 0 Å². The molecule has 2 nitrogen and oxygen atoms in total. The fourth-order valence-electron chi connectivity index (χ4n) is 1.31. The van der Waals surface area contributed by atoms with Crippen molar-refractivity contribution in [3.63, 3.8) is 0 Å². The molecule has 0 aromatic carbocycles. The van der Waals surface area contributed by atoms with Crippen LogP contribution in [0.25, 0.3) is 0 Å². The molecule has 0 amide bonds. The van der Waals surface area contributed by atoms with E-state index in [1.807, 2.05) is 19.2 Å². The summed E-state index contributed by atoms with van der Waals surface area (Å²) in [6, 6.07) is 1.98. The number of hydrogen-bond donors (Lipinski definition) is 1. The van der Waals surface area contributed by atoms with Gasteiger partial charge in [-0.2, -0.15) is 0 Å². The van der Waals surface area contributed by atoms with Crippen molar-refractivity contribution in [2.75, 3.05) is 0 Å². The summed E-state index contributed by atoms with van der Waals surface area (Å²) in [7, 11) is 0. The van der Waals surface area contributed by atoms with E-state index < -0.39 is 0 Å². The highest BCUT2D eigenvalue weighted by molar-refractivity contribution is 5.95. The fourth-order valence-corrected chi connectivity index (χ4v) is 1.31. The van der Waals surface area contributed by atoms with Crippen LogP contribution in [0.2, 0.25) is 0 Å². The molecule has 0 bridgehead atoms. The molecule has 0 fully saturated rings. The highest BCUT2D eigenvalue weighted by atomic mass is 16.1. The van der Waals surface area contributed by atoms with Gasteiger partial charge in [0.15, 0.2) is 5.78 Å². The number of Topliss-reactive ketones (excluding diaryl/α,β-unsaturated/α-hetero) is 1. The molecule has 0 aliphatic heterocycles. The Kier molecular flexibility index (Phi) is 3.09. The Bertz CT molecular complexity index is 263. The number of H-pyrrole nitrogens is 1. The average Bonchev–Trinajstić information content (AvgIpc) is 2.51. The minimum Gasteiger partial charge on any atom is -0.359 e. The molecule has 1 N–H and O–H groups in total. The van der Waals surface area contributed by atoms with Gasteiger partial charge >= 0.3 is 0 Å². The summed E-state index contributed by atoms with van der Waals surface area (Å²) in [6.07, 6.45) is 4.32. The topological polar surface area (TPSA) is 32.9 Å². The van der Waals surface area contributed by atoms with Gasteiger partial charge in [0.25, 0.3) is 0 Å². The zero-order valence-electron chi connectivity index (χ0n) is 7.68. The van der Waals surface area contributed by atoms with Crippen molar-refractivity contribution in [1.29, 1.82) is 0 Å². The first-order chi connectivity index (χ1) is 5.79. The van der Waals surface area contributed by atoms with Gasteiger partial charge < -0.3 is 4.98 Å². The summed E-state index contributed by atoms with van der Waals surface area (Å²) in [6.45, 7) is 4.08. The highest BCUT2D eigenvalue weighted by Gasteiger charge is 2.09. The maximum Gasteiger partial charge on any atom is 0.179 e. The molecule has 1 aromatic heterocycles. The molecule has 0 saturated heterocycles. The number of hydrogen-bond acceptors (Lipinski definition) is 1. The third-order valence-corrected chi connectivity index (χ3v) is 1.97. The molecule has 0 atom stereocenters. The number of ketones is 1. The molecule has 1 heterocycles. The van der Waals surface area contributed by atoms with Crippen LogP contribution < -0.4 is 0 Å². The molecule has 1 aromatic rings. The number of aromatic amines is 1. The van der Waals surface area contributed by atoms with Crippen LogP contribution in [0.1, 0.15) is 42.7 Å². The van der Waals surface area contributed by atoms with Crippen LogP contribution >= 0.6 is 0 Å². The Hall–Kier alpha value is -1.05. The lowest BCUT2D eigenvalue weighted by molar-refractivity contribution is 0.0976. The van der Waals surface area contributed by atoms with E-state index >= 15 is 0 Å². The van der Waals surface area contributed by atoms with Crippen LogP contribution in [0.4, 0.5) is 0 Å². The molecule has 1 rings (SSSR count). The number of nitrogens with one attached hydrogen (secondary N) is 1. The monoisotopic (exact) mass is 165 g/mol. The van der Waals surface area contributed by atoms with Gasteiger partial charge in [0.1, 0.15) is 0 Å². The smallest absolute Gasteiger partial charge is 0.179 e. The molecule has 66 valence electrons. The fraction of sp³-hybridized carbons (Fsp3) is 0.500. The lowest BCUT2D eigenvalue weighted by atomic mass is 10.1. The van der Waals surface area contributed by atoms with Gasteiger partial charge in [-0.1, -0.05) is 13.8 Å². The first-order valence-electron chi connectivity index (χ1n) is 4.49. The van der Waals surface area contributed by atoms with Gasteiger partial charge in [-0.15, -0.1) is 0 Å². The summed E-state index contributed by atoms with van der Waals surface area (Å²) >= 11 is 0. The Morgan fingerprint density at radius 2 is 2.25 bits per heavy atom. The van der Waals surface area contributed by atoms with Crippen molar-refractivity contribution in [3.8, 4) is 0 Å². The number of aryl methyl sites for hydroxylation is 1. The Labute approximate surface area is 73.0 Å². The van der Waals surface area contributed by atoms with Crippen LogP contribution in [0.15, 0.2) is 12.3 Å². The lowest BCUT2D eigenvalue weighted by Gasteiger charge is -1.98. The van der Waals surface area contributed by atoms with Gasteiger partial charge in [-0.3, -0.25) is 4.79 Å². The van der Waals surface area contributed by atoms with E-state index in [9.17, 15) is 4.79 Å². The molecule has 0 aliphatic rings. The summed E-state index contributed by atoms with van der Waals surface area (Å²) in [5, 5.41) is 0. The minimum atomic E-state index is 0.236. The van der Waals surface area contributed by atoms with Crippen molar-refractivity contribution < 1.29 is 4.79 Å². The van der Waals surface area contributed by atoms with E-state index in [2.05, 4.69) is 11.9 Å². The van der Waals surface area contributed by atoms with Crippen LogP contribution in [0.3, 0.4) is 0 Å². The van der Waals surface area contributed by atoms with Crippen LogP contribution in [-0.4, -0.2) is 10.8 Å². The third kappa shape index (κ3) is 1.76. The highest BCUT2D eigenvalue weighted by Crippen LogP contribution is 2.10. The van der Waals surface area contributed by atoms with Crippen LogP contribution in [0, 0.1) is 0 Å². The zero-order chi connectivity index (χ0) is 8.97. The predicted molar refractivity (Wildman–Crippen MR) is 49.4 cm³/mol. The van der Waals surface area contributed by atoms with Gasteiger partial charge in [-0.25, -0.2) is 0 Å². The van der Waals surface area contributed by atoms with E-state index in [-0.39, 0.29) is 5.78 Å². The molecule has 12 heavy (non-hydrogen) atoms. The van der Waals surface area contributed by atoms with E-state index in [1.165, 1.54) is 0 Å². The number of carbonyl (C=O) groups excluding carboxylic acids is 1. The Morgan fingerprint density at radius 1 is 1.50 bits per heavy atom. The normalized spacial score (nSPS) is 10.2. The molecule has 0 spiro atoms. The van der Waals surface area contributed by atoms with E-state index in [4.69, 9.17) is 0 Å². The molecule has 0 aliphatic carbocycles. The maximum absolute atomic E-state index is 11.5. The average molecular weight is 165 g/mol. The first kappa shape index (κ1) is 9.04. The molecule has 0 saturated carbocycles. The maximum atomic E-state index is 11.5. The van der Waals surface area contributed by atoms with Crippen molar-refractivity contribution in [1.82, 2.24) is 4.98 Å². The van der Waals surface area contributed by atoms with Gasteiger partial charge in [-0.05, 0) is 24.5 Å². The number of aromatic nitrogens is 1. The van der Waals surface area contributed by atoms with Crippen LogP contribution in [0.5, 0.6) is 0 Å². The summed E-state index contributed by atoms with van der Waals surface area (Å²) < 4.78 is 0. The van der Waals surface area contributed by atoms with Crippen molar-refractivity contribution in [2.24, 2.45) is 0 Å². The minimum absolute atomic E-state index is 0.236. The largest absolute Gasteiger partial charge is 0.359 e. The molecule has 0 radical (unpaired) electrons. The van der Waals surface area contributed by atoms with E-state index in [0.29, 0.717) is 6.42 Å². The number of carbonyl (C=O) groups is 1. The second-order valence-electron chi connectivity index (χ2n) is 2.90. The first-order valence-corrected chi connectivity index (χ1v) is 4.49. The second kappa shape index (κ2) is 4.10. The van der Waals surface area contributed by atoms with Gasteiger partial charge in [0, 0.05) is 12.6 Å². The van der Waals surface area contributed by atoms with Gasteiger partial charge in [0.2, 0.25) is 0 Å². The zero-order valence-corrected chi connectivity index (χ0v) is 7.68. The Morgan fingerprint density at radius 3 is 2.83 bits per heavy atom. The molecular formula is C10H15NO. The van der Waals surface area contributed by atoms with Crippen molar-refractivity contribution >= 4 is 5.78 Å². The standard InChI is InChI=1S/C10H15NO/c1-3-5-9(12)10-8(4-2)6-7-11-10/h6-7,11H,3-5H2,1-2H3. The van der Waals surface area contributed by atoms with E-state index in [0.717, 1.165) is 24.1 Å². The summed E-state index contributed by atoms with van der Waals surface area (Å²) in [5.74, 6) is 0.236. The predicted octanol–water partition coefficient (Wildman–Crippen LogP) is 2.56. The quantitative estimate of drug-likeness (QED) is 0.683. The Balaban J connectivity index is 2.79. The third-order valence-electron chi connectivity index (χ3n) is 1.97. The van der Waals surface area contributed by atoms with Gasteiger partial charge in [0.05, 0.1) is 5.69 Å². The van der Waals surface area contributed by atoms with Crippen molar-refractivity contribution in [2.45, 2.75) is 33.1 Å². The number of rotatable bonds is 4. The second-order valence-corrected chi connectivity index (χ2v) is 2.90. The summed E-state index contributed by atoms with van der Waals surface area (Å²) in [5.41, 5.74) is 1.94. The molecule has 0 unspecified atom stereocenters. The van der Waals surface area contributed by atoms with Crippen molar-refractivity contribution in [3.05, 3.63) is 23.5 Å². The van der Waals surface area contributed by atoms with Crippen LogP contribution in [-0.2, 0) is 6.42 Å². The molecule has 2 heteroatoms.